The number of anilines is 1. The van der Waals surface area contributed by atoms with E-state index in [1.165, 1.54) is 6.42 Å². The van der Waals surface area contributed by atoms with Crippen molar-refractivity contribution in [2.75, 3.05) is 11.4 Å². The van der Waals surface area contributed by atoms with Crippen LogP contribution in [0.3, 0.4) is 0 Å². The van der Waals surface area contributed by atoms with Crippen molar-refractivity contribution in [2.45, 2.75) is 167 Å². The van der Waals surface area contributed by atoms with Crippen molar-refractivity contribution in [3.05, 3.63) is 35.4 Å². The molecule has 7 fully saturated rings. The number of epoxide rings is 1. The van der Waals surface area contributed by atoms with E-state index in [4.69, 9.17) is 4.74 Å². The fourth-order valence-corrected chi connectivity index (χ4v) is 15.0. The van der Waals surface area contributed by atoms with E-state index < -0.39 is 45.6 Å². The Morgan fingerprint density at radius 2 is 1.71 bits per heavy atom. The molecule has 2 saturated heterocycles. The maximum absolute atomic E-state index is 14.3. The molecule has 5 saturated carbocycles. The Balaban J connectivity index is 1.09. The van der Waals surface area contributed by atoms with Gasteiger partial charge in [0.15, 0.2) is 5.78 Å². The molecule has 2 aliphatic heterocycles. The van der Waals surface area contributed by atoms with Gasteiger partial charge in [0.1, 0.15) is 11.9 Å². The number of benzene rings is 1. The molecule has 0 radical (unpaired) electrons. The number of nitrogens with zero attached hydrogens (tertiary/aromatic N) is 1. The van der Waals surface area contributed by atoms with Crippen LogP contribution < -0.4 is 4.90 Å². The molecule has 9 nitrogen and oxygen atoms in total. The van der Waals surface area contributed by atoms with Gasteiger partial charge in [-0.3, -0.25) is 9.59 Å². The maximum atomic E-state index is 14.3. The van der Waals surface area contributed by atoms with Gasteiger partial charge in [0.05, 0.1) is 34.9 Å². The van der Waals surface area contributed by atoms with Gasteiger partial charge in [-0.2, -0.15) is 0 Å². The zero-order chi connectivity index (χ0) is 39.1. The van der Waals surface area contributed by atoms with Gasteiger partial charge in [-0.1, -0.05) is 47.0 Å². The second kappa shape index (κ2) is 12.6. The summed E-state index contributed by atoms with van der Waals surface area (Å²) in [6.45, 7) is 11.2. The number of fused-ring (bicyclic) bond motifs is 2. The number of ketones is 1. The van der Waals surface area contributed by atoms with Crippen LogP contribution in [-0.2, 0) is 20.7 Å². The number of aliphatic hydroxyl groups is 4. The lowest BCUT2D eigenvalue weighted by Crippen LogP contribution is -2.67. The summed E-state index contributed by atoms with van der Waals surface area (Å²) in [6, 6.07) is 5.52. The van der Waals surface area contributed by atoms with E-state index in [0.29, 0.717) is 51.0 Å². The number of carbonyl (C=O) groups excluding carboxylic acids is 2. The second-order valence-electron chi connectivity index (χ2n) is 20.7. The van der Waals surface area contributed by atoms with Crippen molar-refractivity contribution >= 4 is 17.4 Å². The van der Waals surface area contributed by atoms with Crippen LogP contribution in [0.2, 0.25) is 0 Å². The molecule has 55 heavy (non-hydrogen) atoms. The fraction of sp³-hybridized carbons (Fsp3) is 0.783. The zero-order valence-corrected chi connectivity index (χ0v) is 33.7. The van der Waals surface area contributed by atoms with E-state index in [0.717, 1.165) is 61.8 Å². The molecular formula is C46H65NO8. The van der Waals surface area contributed by atoms with Crippen molar-refractivity contribution in [1.82, 2.24) is 0 Å². The minimum Gasteiger partial charge on any atom is -0.508 e. The number of aryl methyl sites for hydroxylation is 1. The number of aromatic hydroxyl groups is 1. The van der Waals surface area contributed by atoms with Crippen molar-refractivity contribution in [1.29, 1.82) is 0 Å². The summed E-state index contributed by atoms with van der Waals surface area (Å²) in [4.78, 5) is 30.1. The topological polar surface area (TPSA) is 151 Å². The number of rotatable bonds is 8. The zero-order valence-electron chi connectivity index (χ0n) is 33.7. The molecule has 5 N–H and O–H groups in total. The number of carbonyl (C=O) groups is 2. The third-order valence-corrected chi connectivity index (χ3v) is 18.4. The molecule has 9 rings (SSSR count). The lowest BCUT2D eigenvalue weighted by Gasteiger charge is -2.66. The second-order valence-corrected chi connectivity index (χ2v) is 20.7. The number of allylic oxidation sites excluding steroid dienone is 1. The van der Waals surface area contributed by atoms with Gasteiger partial charge in [-0.15, -0.1) is 0 Å². The lowest BCUT2D eigenvalue weighted by atomic mass is 9.39. The van der Waals surface area contributed by atoms with Crippen molar-refractivity contribution < 1.29 is 39.9 Å². The molecule has 8 aliphatic rings. The number of ether oxygens (including phenoxy) is 1. The van der Waals surface area contributed by atoms with Gasteiger partial charge < -0.3 is 35.2 Å². The van der Waals surface area contributed by atoms with Gasteiger partial charge in [-0.05, 0) is 142 Å². The molecule has 0 bridgehead atoms. The number of hydrogen-bond acceptors (Lipinski definition) is 8. The Labute approximate surface area is 326 Å². The summed E-state index contributed by atoms with van der Waals surface area (Å²) in [5.41, 5.74) is -2.41. The Bertz CT molecular complexity index is 1780. The number of aliphatic hydroxyl groups excluding tert-OH is 2. The quantitative estimate of drug-likeness (QED) is 0.191. The molecule has 1 aromatic rings. The maximum Gasteiger partial charge on any atom is 0.233 e. The number of phenols is 1. The van der Waals surface area contributed by atoms with Crippen molar-refractivity contribution in [3.8, 4) is 5.75 Å². The first-order valence-electron chi connectivity index (χ1n) is 21.8. The van der Waals surface area contributed by atoms with Gasteiger partial charge in [0.25, 0.3) is 0 Å². The van der Waals surface area contributed by atoms with Gasteiger partial charge in [0.2, 0.25) is 5.91 Å². The highest BCUT2D eigenvalue weighted by molar-refractivity contribution is 6.00. The van der Waals surface area contributed by atoms with Crippen LogP contribution in [0, 0.1) is 51.2 Å². The number of hydrogen-bond donors (Lipinski definition) is 5. The smallest absolute Gasteiger partial charge is 0.233 e. The SMILES string of the molecule is CC(C)C(C)C1OC1C(C)(O)C1CCC2(O)C3=CC(=O)C4CC(O)C(O)C5CCC3(CCC12CCc1cc(O)cc(N2CCC3(CCCCC3)C2=O)c1)C45C. The molecular weight excluding hydrogens is 695 g/mol. The van der Waals surface area contributed by atoms with E-state index in [1.807, 2.05) is 17.9 Å². The Kier molecular flexibility index (Phi) is 8.76. The third-order valence-electron chi connectivity index (χ3n) is 18.4. The average Bonchev–Trinajstić information content (AvgIpc) is 3.72. The molecule has 0 aromatic heterocycles. The van der Waals surface area contributed by atoms with E-state index in [1.54, 1.807) is 18.2 Å². The highest BCUT2D eigenvalue weighted by Crippen LogP contribution is 2.79. The highest BCUT2D eigenvalue weighted by Gasteiger charge is 2.78. The number of amides is 1. The van der Waals surface area contributed by atoms with Crippen LogP contribution in [0.4, 0.5) is 5.69 Å². The lowest BCUT2D eigenvalue weighted by molar-refractivity contribution is -0.193. The monoisotopic (exact) mass is 759 g/mol. The van der Waals surface area contributed by atoms with Gasteiger partial charge in [-0.25, -0.2) is 0 Å². The first-order chi connectivity index (χ1) is 26.0. The molecule has 13 atom stereocenters. The van der Waals surface area contributed by atoms with E-state index in [2.05, 4.69) is 27.7 Å². The summed E-state index contributed by atoms with van der Waals surface area (Å²) in [5.74, 6) is -0.111. The molecule has 302 valence electrons. The highest BCUT2D eigenvalue weighted by atomic mass is 16.6. The van der Waals surface area contributed by atoms with Gasteiger partial charge >= 0.3 is 0 Å². The van der Waals surface area contributed by atoms with Crippen molar-refractivity contribution in [2.24, 2.45) is 51.2 Å². The molecule has 1 aromatic carbocycles. The molecule has 2 heterocycles. The molecule has 13 unspecified atom stereocenters. The van der Waals surface area contributed by atoms with E-state index in [-0.39, 0.29) is 59.2 Å². The Hall–Kier alpha value is -2.30. The normalized spacial score (nSPS) is 44.6. The fourth-order valence-electron chi connectivity index (χ4n) is 15.0. The third kappa shape index (κ3) is 5.07. The Morgan fingerprint density at radius 1 is 0.964 bits per heavy atom. The predicted molar refractivity (Wildman–Crippen MR) is 208 cm³/mol. The minimum atomic E-state index is -1.38. The summed E-state index contributed by atoms with van der Waals surface area (Å²) >= 11 is 0. The first kappa shape index (κ1) is 38.2. The van der Waals surface area contributed by atoms with Crippen molar-refractivity contribution in [3.63, 3.8) is 0 Å². The first-order valence-corrected chi connectivity index (χ1v) is 21.8. The summed E-state index contributed by atoms with van der Waals surface area (Å²) in [5, 5.41) is 59.8. The standard InChI is InChI=1S/C46H65NO8/c1-26(2)27(3)38-39(55-38)42(5,53)35-11-16-46(54)36-25-33(49)32-24-34(50)37(51)31-10-15-44(36,41(31,32)4)17-18-45(35,46)14-9-28-21-29(23-30(48)22-28)47-20-19-43(40(47)52)12-7-6-8-13-43/h21-23,25-27,31-32,34-35,37-39,48,50-51,53-54H,6-20,24H2,1-5H3. The van der Waals surface area contributed by atoms with Crippen LogP contribution in [0.15, 0.2) is 29.8 Å². The average molecular weight is 760 g/mol. The minimum absolute atomic E-state index is 0.0644. The van der Waals surface area contributed by atoms with Crippen LogP contribution in [-0.4, -0.2) is 79.4 Å². The molecule has 9 heteroatoms. The van der Waals surface area contributed by atoms with Gasteiger partial charge in [0, 0.05) is 35.0 Å². The molecule has 6 aliphatic carbocycles. The van der Waals surface area contributed by atoms with Crippen LogP contribution in [0.1, 0.15) is 130 Å². The summed E-state index contributed by atoms with van der Waals surface area (Å²) in [6.07, 6.45) is 10.6. The summed E-state index contributed by atoms with van der Waals surface area (Å²) in [7, 11) is 0. The Morgan fingerprint density at radius 3 is 2.44 bits per heavy atom. The van der Waals surface area contributed by atoms with E-state index in [9.17, 15) is 35.1 Å². The van der Waals surface area contributed by atoms with Crippen LogP contribution in [0.5, 0.6) is 5.75 Å². The van der Waals surface area contributed by atoms with Crippen LogP contribution in [0.25, 0.3) is 0 Å². The van der Waals surface area contributed by atoms with Crippen LogP contribution >= 0.6 is 0 Å². The molecule has 1 amide bonds. The molecule has 2 spiro atoms. The number of phenolic OH excluding ortho intramolecular Hbond substituents is 1. The van der Waals surface area contributed by atoms with E-state index >= 15 is 0 Å². The predicted octanol–water partition coefficient (Wildman–Crippen LogP) is 6.40. The largest absolute Gasteiger partial charge is 0.508 e. The summed E-state index contributed by atoms with van der Waals surface area (Å²) < 4.78 is 6.34.